The summed E-state index contributed by atoms with van der Waals surface area (Å²) in [5.74, 6) is 1.06. The van der Waals surface area contributed by atoms with Gasteiger partial charge in [0.05, 0.1) is 23.9 Å². The zero-order valence-electron chi connectivity index (χ0n) is 17.8. The molecule has 0 saturated carbocycles. The fourth-order valence-electron chi connectivity index (χ4n) is 4.28. The third-order valence-electron chi connectivity index (χ3n) is 5.64. The first kappa shape index (κ1) is 20.2. The van der Waals surface area contributed by atoms with Crippen molar-refractivity contribution in [3.8, 4) is 5.75 Å². The molecule has 1 atom stereocenters. The number of hydrogen-bond donors (Lipinski definition) is 0. The summed E-state index contributed by atoms with van der Waals surface area (Å²) in [6, 6.07) is 14.6. The van der Waals surface area contributed by atoms with Crippen LogP contribution in [0.3, 0.4) is 0 Å². The first-order chi connectivity index (χ1) is 15.5. The molecule has 7 heteroatoms. The fourth-order valence-corrected chi connectivity index (χ4v) is 5.31. The van der Waals surface area contributed by atoms with Crippen molar-refractivity contribution in [1.82, 2.24) is 4.57 Å². The van der Waals surface area contributed by atoms with Crippen molar-refractivity contribution < 1.29 is 13.9 Å². The Bertz CT molecular complexity index is 1570. The topological polar surface area (TPSA) is 73.8 Å². The molecule has 0 amide bonds. The molecule has 0 spiro atoms. The Morgan fingerprint density at radius 1 is 1.19 bits per heavy atom. The van der Waals surface area contributed by atoms with Crippen LogP contribution in [-0.2, 0) is 4.79 Å². The second-order valence-corrected chi connectivity index (χ2v) is 8.57. The number of aromatic nitrogens is 1. The molecular weight excluding hydrogens is 424 g/mol. The van der Waals surface area contributed by atoms with E-state index in [-0.39, 0.29) is 11.3 Å². The van der Waals surface area contributed by atoms with Crippen LogP contribution < -0.4 is 19.6 Å². The molecule has 2 aromatic heterocycles. The smallest absolute Gasteiger partial charge is 0.271 e. The van der Waals surface area contributed by atoms with Gasteiger partial charge < -0.3 is 9.15 Å². The van der Waals surface area contributed by atoms with E-state index in [2.05, 4.69) is 4.99 Å². The lowest BCUT2D eigenvalue weighted by Gasteiger charge is -2.27. The van der Waals surface area contributed by atoms with Gasteiger partial charge in [-0.25, -0.2) is 4.99 Å². The molecule has 1 aliphatic rings. The Kier molecular flexibility index (Phi) is 4.90. The predicted molar refractivity (Wildman–Crippen MR) is 124 cm³/mol. The van der Waals surface area contributed by atoms with Gasteiger partial charge in [0.2, 0.25) is 0 Å². The predicted octanol–water partition coefficient (Wildman–Crippen LogP) is 3.58. The number of thiazole rings is 1. The number of ether oxygens (including phenoxy) is 1. The van der Waals surface area contributed by atoms with Crippen molar-refractivity contribution in [1.29, 1.82) is 0 Å². The quantitative estimate of drug-likeness (QED) is 0.482. The van der Waals surface area contributed by atoms with Gasteiger partial charge in [-0.15, -0.1) is 0 Å². The van der Waals surface area contributed by atoms with E-state index in [1.54, 1.807) is 36.1 Å². The van der Waals surface area contributed by atoms with Gasteiger partial charge in [0.1, 0.15) is 11.5 Å². The minimum atomic E-state index is -0.649. The minimum Gasteiger partial charge on any atom is -0.496 e. The molecule has 1 aliphatic heterocycles. The fraction of sp³-hybridized carbons (Fsp3) is 0.160. The number of nitrogens with zero attached hydrogens (tertiary/aromatic N) is 2. The van der Waals surface area contributed by atoms with E-state index in [0.29, 0.717) is 32.1 Å². The average Bonchev–Trinajstić information content (AvgIpc) is 3.40. The largest absolute Gasteiger partial charge is 0.496 e. The maximum atomic E-state index is 13.6. The third-order valence-corrected chi connectivity index (χ3v) is 6.62. The molecule has 0 unspecified atom stereocenters. The summed E-state index contributed by atoms with van der Waals surface area (Å²) in [4.78, 5) is 31.6. The summed E-state index contributed by atoms with van der Waals surface area (Å²) < 4.78 is 13.2. The molecule has 160 valence electrons. The van der Waals surface area contributed by atoms with Crippen molar-refractivity contribution >= 4 is 34.0 Å². The van der Waals surface area contributed by atoms with E-state index in [1.807, 2.05) is 43.3 Å². The van der Waals surface area contributed by atoms with Crippen LogP contribution in [0.2, 0.25) is 0 Å². The lowest BCUT2D eigenvalue weighted by molar-refractivity contribution is -0.114. The van der Waals surface area contributed by atoms with E-state index >= 15 is 0 Å². The molecule has 2 aromatic carbocycles. The van der Waals surface area contributed by atoms with Gasteiger partial charge in [-0.05, 0) is 42.8 Å². The van der Waals surface area contributed by atoms with Crippen LogP contribution in [0.1, 0.15) is 31.2 Å². The van der Waals surface area contributed by atoms with Gasteiger partial charge >= 0.3 is 0 Å². The standard InChI is InChI=1S/C25H20N2O4S/c1-14-21(15(2)28)23(22-18-9-5-4-7-16(18)10-11-19(22)30-3)27-24(29)20(32-25(27)26-14)13-17-8-6-12-31-17/h4-13,23H,1-3H3/b20-13+/t23-/m1/s1. The number of allylic oxidation sites excluding steroid dienone is 2. The molecule has 3 heterocycles. The summed E-state index contributed by atoms with van der Waals surface area (Å²) in [6.07, 6.45) is 3.26. The van der Waals surface area contributed by atoms with Crippen LogP contribution >= 0.6 is 11.3 Å². The second kappa shape index (κ2) is 7.76. The van der Waals surface area contributed by atoms with E-state index in [9.17, 15) is 9.59 Å². The lowest BCUT2D eigenvalue weighted by Crippen LogP contribution is -2.39. The molecule has 0 N–H and O–H groups in total. The molecule has 4 aromatic rings. The maximum Gasteiger partial charge on any atom is 0.271 e. The third kappa shape index (κ3) is 3.13. The number of rotatable bonds is 4. The summed E-state index contributed by atoms with van der Waals surface area (Å²) in [6.45, 7) is 3.32. The Hall–Kier alpha value is -3.71. The van der Waals surface area contributed by atoms with Gasteiger partial charge in [-0.2, -0.15) is 0 Å². The number of hydrogen-bond acceptors (Lipinski definition) is 6. The number of Topliss-reactive ketones (excluding diaryl/α,β-unsaturated/α-hetero) is 1. The first-order valence-corrected chi connectivity index (χ1v) is 10.9. The highest BCUT2D eigenvalue weighted by molar-refractivity contribution is 7.07. The Morgan fingerprint density at radius 2 is 2.00 bits per heavy atom. The van der Waals surface area contributed by atoms with Gasteiger partial charge in [-0.3, -0.25) is 14.2 Å². The molecule has 32 heavy (non-hydrogen) atoms. The molecular formula is C25H20N2O4S. The van der Waals surface area contributed by atoms with Crippen molar-refractivity contribution in [3.05, 3.63) is 97.1 Å². The summed E-state index contributed by atoms with van der Waals surface area (Å²) in [5.41, 5.74) is 1.63. The highest BCUT2D eigenvalue weighted by Crippen LogP contribution is 2.40. The molecule has 0 saturated heterocycles. The normalized spacial score (nSPS) is 16.2. The van der Waals surface area contributed by atoms with Crippen LogP contribution in [0.4, 0.5) is 0 Å². The summed E-state index contributed by atoms with van der Waals surface area (Å²) >= 11 is 1.28. The van der Waals surface area contributed by atoms with E-state index in [4.69, 9.17) is 9.15 Å². The van der Waals surface area contributed by atoms with Crippen molar-refractivity contribution in [3.63, 3.8) is 0 Å². The van der Waals surface area contributed by atoms with Gasteiger partial charge in [0.25, 0.3) is 5.56 Å². The number of carbonyl (C=O) groups is 1. The maximum absolute atomic E-state index is 13.6. The number of methoxy groups -OCH3 is 1. The summed E-state index contributed by atoms with van der Waals surface area (Å²) in [7, 11) is 1.60. The Balaban J connectivity index is 1.89. The highest BCUT2D eigenvalue weighted by Gasteiger charge is 2.33. The Labute approximate surface area is 187 Å². The monoisotopic (exact) mass is 444 g/mol. The van der Waals surface area contributed by atoms with Crippen molar-refractivity contribution in [2.75, 3.05) is 7.11 Å². The van der Waals surface area contributed by atoms with E-state index in [0.717, 1.165) is 16.3 Å². The number of carbonyl (C=O) groups excluding carboxylic acids is 1. The number of benzene rings is 2. The SMILES string of the molecule is COc1ccc2ccccc2c1[C@H]1C(C(C)=O)=C(C)N=c2s/c(=C/c3ccco3)c(=O)n21. The molecule has 5 rings (SSSR count). The zero-order chi connectivity index (χ0) is 22.4. The second-order valence-electron chi connectivity index (χ2n) is 7.56. The number of ketones is 1. The number of fused-ring (bicyclic) bond motifs is 2. The van der Waals surface area contributed by atoms with E-state index < -0.39 is 6.04 Å². The highest BCUT2D eigenvalue weighted by atomic mass is 32.1. The average molecular weight is 445 g/mol. The lowest BCUT2D eigenvalue weighted by atomic mass is 9.89. The van der Waals surface area contributed by atoms with Crippen LogP contribution in [0.25, 0.3) is 16.8 Å². The first-order valence-electron chi connectivity index (χ1n) is 10.1. The van der Waals surface area contributed by atoms with Crippen LogP contribution in [0.5, 0.6) is 5.75 Å². The van der Waals surface area contributed by atoms with E-state index in [1.165, 1.54) is 18.3 Å². The molecule has 0 fully saturated rings. The van der Waals surface area contributed by atoms with Gasteiger partial charge in [0.15, 0.2) is 10.6 Å². The van der Waals surface area contributed by atoms with Crippen LogP contribution in [-0.4, -0.2) is 17.5 Å². The van der Waals surface area contributed by atoms with Gasteiger partial charge in [-0.1, -0.05) is 41.7 Å². The number of furan rings is 1. The summed E-state index contributed by atoms with van der Waals surface area (Å²) in [5, 5.41) is 1.92. The van der Waals surface area contributed by atoms with Crippen LogP contribution in [0, 0.1) is 0 Å². The van der Waals surface area contributed by atoms with Crippen molar-refractivity contribution in [2.24, 2.45) is 4.99 Å². The molecule has 0 bridgehead atoms. The molecule has 0 aliphatic carbocycles. The van der Waals surface area contributed by atoms with Crippen LogP contribution in [0.15, 0.2) is 80.3 Å². The zero-order valence-corrected chi connectivity index (χ0v) is 18.6. The van der Waals surface area contributed by atoms with Gasteiger partial charge in [0, 0.05) is 22.9 Å². The molecule has 0 radical (unpaired) electrons. The Morgan fingerprint density at radius 3 is 2.72 bits per heavy atom. The minimum absolute atomic E-state index is 0.133. The molecule has 6 nitrogen and oxygen atoms in total. The van der Waals surface area contributed by atoms with Crippen molar-refractivity contribution in [2.45, 2.75) is 19.9 Å².